The third-order valence-corrected chi connectivity index (χ3v) is 4.92. The fourth-order valence-electron chi connectivity index (χ4n) is 3.39. The predicted molar refractivity (Wildman–Crippen MR) is 80.1 cm³/mol. The number of oxime groups is 1. The van der Waals surface area contributed by atoms with E-state index in [1.165, 1.54) is 0 Å². The van der Waals surface area contributed by atoms with Crippen molar-refractivity contribution >= 4 is 11.7 Å². The van der Waals surface area contributed by atoms with Crippen LogP contribution in [-0.4, -0.2) is 22.5 Å². The summed E-state index contributed by atoms with van der Waals surface area (Å²) in [6.07, 6.45) is 5.15. The molecule has 0 aromatic heterocycles. The first-order valence-electron chi connectivity index (χ1n) is 7.49. The Morgan fingerprint density at radius 2 is 1.76 bits per heavy atom. The fourth-order valence-corrected chi connectivity index (χ4v) is 3.39. The molecule has 5 heteroatoms. The fraction of sp³-hybridized carbons (Fsp3) is 0.500. The molecule has 2 aliphatic rings. The molecule has 5 nitrogen and oxygen atoms in total. The van der Waals surface area contributed by atoms with Gasteiger partial charge in [0.15, 0.2) is 5.84 Å². The molecule has 112 valence electrons. The summed E-state index contributed by atoms with van der Waals surface area (Å²) in [5, 5.41) is 15.3. The second kappa shape index (κ2) is 5.06. The van der Waals surface area contributed by atoms with Crippen LogP contribution in [0, 0.1) is 0 Å². The topological polar surface area (TPSA) is 87.7 Å². The average Bonchev–Trinajstić information content (AvgIpc) is 3.21. The molecular weight excluding hydrogens is 266 g/mol. The van der Waals surface area contributed by atoms with Gasteiger partial charge >= 0.3 is 0 Å². The number of hydrogen-bond donors (Lipinski definition) is 3. The lowest BCUT2D eigenvalue weighted by molar-refractivity contribution is -0.124. The summed E-state index contributed by atoms with van der Waals surface area (Å²) in [5.41, 5.74) is 5.81. The van der Waals surface area contributed by atoms with Crippen molar-refractivity contribution < 1.29 is 10.0 Å². The third kappa shape index (κ3) is 2.26. The van der Waals surface area contributed by atoms with Gasteiger partial charge in [0.2, 0.25) is 5.91 Å². The zero-order chi connectivity index (χ0) is 14.9. The lowest BCUT2D eigenvalue weighted by Crippen LogP contribution is -2.58. The van der Waals surface area contributed by atoms with E-state index in [1.54, 1.807) is 0 Å². The zero-order valence-electron chi connectivity index (χ0n) is 12.0. The van der Waals surface area contributed by atoms with Gasteiger partial charge in [0.25, 0.3) is 0 Å². The molecule has 1 amide bonds. The van der Waals surface area contributed by atoms with E-state index in [9.17, 15) is 4.79 Å². The van der Waals surface area contributed by atoms with Gasteiger partial charge in [-0.2, -0.15) is 0 Å². The van der Waals surface area contributed by atoms with Gasteiger partial charge in [-0.05, 0) is 31.2 Å². The quantitative estimate of drug-likeness (QED) is 0.342. The Labute approximate surface area is 124 Å². The Balaban J connectivity index is 1.83. The van der Waals surface area contributed by atoms with Crippen molar-refractivity contribution in [2.24, 2.45) is 10.9 Å². The van der Waals surface area contributed by atoms with E-state index in [4.69, 9.17) is 10.9 Å². The SMILES string of the molecule is NC(=NO)C1(NC(=O)C2(c3ccccc3)CC2)CCCC1. The molecule has 0 saturated heterocycles. The number of nitrogens with one attached hydrogen (secondary N) is 1. The Morgan fingerprint density at radius 3 is 2.29 bits per heavy atom. The van der Waals surface area contributed by atoms with Gasteiger partial charge in [0, 0.05) is 0 Å². The van der Waals surface area contributed by atoms with Crippen LogP contribution in [0.2, 0.25) is 0 Å². The molecule has 2 fully saturated rings. The molecule has 2 saturated carbocycles. The maximum atomic E-state index is 12.8. The van der Waals surface area contributed by atoms with Gasteiger partial charge in [-0.3, -0.25) is 4.79 Å². The third-order valence-electron chi connectivity index (χ3n) is 4.92. The molecule has 0 heterocycles. The van der Waals surface area contributed by atoms with Crippen molar-refractivity contribution in [3.05, 3.63) is 35.9 Å². The summed E-state index contributed by atoms with van der Waals surface area (Å²) in [4.78, 5) is 12.8. The van der Waals surface area contributed by atoms with Crippen LogP contribution in [0.25, 0.3) is 0 Å². The van der Waals surface area contributed by atoms with Gasteiger partial charge in [-0.1, -0.05) is 48.3 Å². The zero-order valence-corrected chi connectivity index (χ0v) is 12.0. The van der Waals surface area contributed by atoms with Gasteiger partial charge in [0.1, 0.15) is 5.54 Å². The van der Waals surface area contributed by atoms with Crippen LogP contribution in [0.3, 0.4) is 0 Å². The Morgan fingerprint density at radius 1 is 1.14 bits per heavy atom. The number of carbonyl (C=O) groups is 1. The molecule has 0 spiro atoms. The number of benzene rings is 1. The van der Waals surface area contributed by atoms with Crippen molar-refractivity contribution in [3.63, 3.8) is 0 Å². The van der Waals surface area contributed by atoms with E-state index in [2.05, 4.69) is 10.5 Å². The van der Waals surface area contributed by atoms with Gasteiger partial charge in [-0.15, -0.1) is 0 Å². The number of amides is 1. The maximum Gasteiger partial charge on any atom is 0.231 e. The van der Waals surface area contributed by atoms with Crippen molar-refractivity contribution in [1.29, 1.82) is 0 Å². The van der Waals surface area contributed by atoms with Gasteiger partial charge < -0.3 is 16.3 Å². The van der Waals surface area contributed by atoms with E-state index in [1.807, 2.05) is 30.3 Å². The van der Waals surface area contributed by atoms with E-state index in [-0.39, 0.29) is 11.7 Å². The molecule has 0 radical (unpaired) electrons. The first-order valence-corrected chi connectivity index (χ1v) is 7.49. The minimum Gasteiger partial charge on any atom is -0.409 e. The molecule has 4 N–H and O–H groups in total. The molecule has 1 aromatic rings. The first-order chi connectivity index (χ1) is 10.1. The Kier molecular flexibility index (Phi) is 3.35. The van der Waals surface area contributed by atoms with Crippen molar-refractivity contribution in [3.8, 4) is 0 Å². The van der Waals surface area contributed by atoms with Crippen LogP contribution in [0.5, 0.6) is 0 Å². The Bertz CT molecular complexity index is 558. The molecule has 3 rings (SSSR count). The van der Waals surface area contributed by atoms with Crippen LogP contribution < -0.4 is 11.1 Å². The summed E-state index contributed by atoms with van der Waals surface area (Å²) >= 11 is 0. The number of hydrogen-bond acceptors (Lipinski definition) is 3. The second-order valence-corrected chi connectivity index (χ2v) is 6.18. The van der Waals surface area contributed by atoms with Crippen molar-refractivity contribution in [2.75, 3.05) is 0 Å². The minimum absolute atomic E-state index is 0.00204. The highest BCUT2D eigenvalue weighted by Crippen LogP contribution is 2.49. The number of nitrogens with zero attached hydrogens (tertiary/aromatic N) is 1. The molecular formula is C16H21N3O2. The highest BCUT2D eigenvalue weighted by atomic mass is 16.4. The molecule has 2 aliphatic carbocycles. The number of nitrogens with two attached hydrogens (primary N) is 1. The number of carbonyl (C=O) groups excluding carboxylic acids is 1. The predicted octanol–water partition coefficient (Wildman–Crippen LogP) is 1.89. The summed E-state index contributed by atoms with van der Waals surface area (Å²) in [5.74, 6) is 0.124. The number of rotatable bonds is 4. The van der Waals surface area contributed by atoms with Gasteiger partial charge in [-0.25, -0.2) is 0 Å². The van der Waals surface area contributed by atoms with Crippen LogP contribution in [0.15, 0.2) is 35.5 Å². The lowest BCUT2D eigenvalue weighted by atomic mass is 9.90. The minimum atomic E-state index is -0.670. The molecule has 0 atom stereocenters. The van der Waals surface area contributed by atoms with Crippen LogP contribution in [-0.2, 0) is 10.2 Å². The molecule has 0 bridgehead atoms. The highest BCUT2D eigenvalue weighted by Gasteiger charge is 2.53. The largest absolute Gasteiger partial charge is 0.409 e. The average molecular weight is 287 g/mol. The second-order valence-electron chi connectivity index (χ2n) is 6.18. The van der Waals surface area contributed by atoms with Crippen molar-refractivity contribution in [2.45, 2.75) is 49.5 Å². The van der Waals surface area contributed by atoms with Crippen LogP contribution >= 0.6 is 0 Å². The van der Waals surface area contributed by atoms with E-state index in [0.717, 1.165) is 44.1 Å². The van der Waals surface area contributed by atoms with Crippen LogP contribution in [0.4, 0.5) is 0 Å². The highest BCUT2D eigenvalue weighted by molar-refractivity contribution is 5.98. The monoisotopic (exact) mass is 287 g/mol. The van der Waals surface area contributed by atoms with E-state index >= 15 is 0 Å². The summed E-state index contributed by atoms with van der Waals surface area (Å²) in [7, 11) is 0. The lowest BCUT2D eigenvalue weighted by Gasteiger charge is -2.31. The van der Waals surface area contributed by atoms with Gasteiger partial charge in [0.05, 0.1) is 5.41 Å². The molecule has 0 aliphatic heterocycles. The molecule has 1 aromatic carbocycles. The smallest absolute Gasteiger partial charge is 0.231 e. The molecule has 0 unspecified atom stereocenters. The number of amidine groups is 1. The van der Waals surface area contributed by atoms with Crippen LogP contribution in [0.1, 0.15) is 44.1 Å². The summed E-state index contributed by atoms with van der Waals surface area (Å²) < 4.78 is 0. The maximum absolute atomic E-state index is 12.8. The van der Waals surface area contributed by atoms with Crippen molar-refractivity contribution in [1.82, 2.24) is 5.32 Å². The summed E-state index contributed by atoms with van der Waals surface area (Å²) in [6, 6.07) is 9.86. The normalized spacial score (nSPS) is 22.8. The molecule has 21 heavy (non-hydrogen) atoms. The first kappa shape index (κ1) is 13.9. The summed E-state index contributed by atoms with van der Waals surface area (Å²) in [6.45, 7) is 0. The van der Waals surface area contributed by atoms with E-state index in [0.29, 0.717) is 0 Å². The van der Waals surface area contributed by atoms with E-state index < -0.39 is 11.0 Å². The standard InChI is InChI=1S/C16H21N3O2/c17-13(19-21)16(8-4-5-9-16)18-14(20)15(10-11-15)12-6-2-1-3-7-12/h1-3,6-7,21H,4-5,8-11H2,(H2,17,19)(H,18,20). The Hall–Kier alpha value is -2.04.